The fourth-order valence-electron chi connectivity index (χ4n) is 2.54. The summed E-state index contributed by atoms with van der Waals surface area (Å²) in [6.45, 7) is 0. The van der Waals surface area contributed by atoms with Gasteiger partial charge < -0.3 is 10.4 Å². The highest BCUT2D eigenvalue weighted by Gasteiger charge is 2.33. The maximum absolute atomic E-state index is 13.1. The Morgan fingerprint density at radius 1 is 1.40 bits per heavy atom. The lowest BCUT2D eigenvalue weighted by Crippen LogP contribution is -2.40. The van der Waals surface area contributed by atoms with Crippen LogP contribution in [0.15, 0.2) is 22.7 Å². The third-order valence-corrected chi connectivity index (χ3v) is 4.31. The maximum atomic E-state index is 13.1. The molecule has 2 rings (SSSR count). The molecular formula is C14H15BrFNO3. The van der Waals surface area contributed by atoms with Gasteiger partial charge in [-0.2, -0.15) is 0 Å². The molecule has 2 atom stereocenters. The second-order valence-corrected chi connectivity index (χ2v) is 5.82. The fourth-order valence-corrected chi connectivity index (χ4v) is 2.92. The first-order valence-electron chi connectivity index (χ1n) is 6.43. The van der Waals surface area contributed by atoms with E-state index < -0.39 is 17.7 Å². The predicted molar refractivity (Wildman–Crippen MR) is 74.7 cm³/mol. The Bertz CT molecular complexity index is 535. The van der Waals surface area contributed by atoms with Gasteiger partial charge in [0.1, 0.15) is 5.82 Å². The Balaban J connectivity index is 1.99. The Morgan fingerprint density at radius 3 is 2.85 bits per heavy atom. The summed E-state index contributed by atoms with van der Waals surface area (Å²) in [4.78, 5) is 23.0. The minimum absolute atomic E-state index is 0.0290. The molecule has 1 aromatic carbocycles. The highest BCUT2D eigenvalue weighted by atomic mass is 79.9. The molecule has 1 fully saturated rings. The summed E-state index contributed by atoms with van der Waals surface area (Å²) in [6, 6.07) is 3.83. The minimum atomic E-state index is -0.875. The number of carboxylic acid groups (broad SMARTS) is 1. The molecule has 0 heterocycles. The van der Waals surface area contributed by atoms with Crippen LogP contribution in [0.4, 0.5) is 4.39 Å². The quantitative estimate of drug-likeness (QED) is 0.882. The third-order valence-electron chi connectivity index (χ3n) is 3.54. The van der Waals surface area contributed by atoms with Crippen molar-refractivity contribution in [3.8, 4) is 0 Å². The lowest BCUT2D eigenvalue weighted by molar-refractivity contribution is -0.142. The molecule has 0 unspecified atom stereocenters. The number of nitrogens with one attached hydrogen (secondary N) is 1. The number of halogens is 2. The number of benzene rings is 1. The Morgan fingerprint density at radius 2 is 2.15 bits per heavy atom. The van der Waals surface area contributed by atoms with E-state index in [4.69, 9.17) is 5.11 Å². The summed E-state index contributed by atoms with van der Waals surface area (Å²) >= 11 is 3.27. The van der Waals surface area contributed by atoms with Gasteiger partial charge in [-0.1, -0.05) is 22.4 Å². The van der Waals surface area contributed by atoms with Crippen molar-refractivity contribution in [1.82, 2.24) is 5.32 Å². The number of aliphatic carboxylic acids is 1. The number of amides is 1. The first-order valence-corrected chi connectivity index (χ1v) is 7.23. The van der Waals surface area contributed by atoms with Gasteiger partial charge in [-0.3, -0.25) is 9.59 Å². The summed E-state index contributed by atoms with van der Waals surface area (Å²) < 4.78 is 13.8. The summed E-state index contributed by atoms with van der Waals surface area (Å²) in [5, 5.41) is 11.8. The van der Waals surface area contributed by atoms with Gasteiger partial charge in [0.25, 0.3) is 0 Å². The molecular weight excluding hydrogens is 329 g/mol. The number of hydrogen-bond donors (Lipinski definition) is 2. The van der Waals surface area contributed by atoms with E-state index in [0.717, 1.165) is 6.42 Å². The smallest absolute Gasteiger partial charge is 0.308 e. The van der Waals surface area contributed by atoms with Crippen molar-refractivity contribution >= 4 is 27.8 Å². The zero-order valence-corrected chi connectivity index (χ0v) is 12.3. The van der Waals surface area contributed by atoms with Gasteiger partial charge in [-0.15, -0.1) is 0 Å². The van der Waals surface area contributed by atoms with Crippen LogP contribution in [0.2, 0.25) is 0 Å². The summed E-state index contributed by atoms with van der Waals surface area (Å²) in [7, 11) is 0. The van der Waals surface area contributed by atoms with Gasteiger partial charge in [0.2, 0.25) is 5.91 Å². The van der Waals surface area contributed by atoms with Gasteiger partial charge in [-0.05, 0) is 36.6 Å². The second-order valence-electron chi connectivity index (χ2n) is 4.96. The van der Waals surface area contributed by atoms with Crippen molar-refractivity contribution < 1.29 is 19.1 Å². The van der Waals surface area contributed by atoms with E-state index in [2.05, 4.69) is 21.2 Å². The van der Waals surface area contributed by atoms with Crippen LogP contribution >= 0.6 is 15.9 Å². The van der Waals surface area contributed by atoms with Crippen LogP contribution in [0.25, 0.3) is 0 Å². The first kappa shape index (κ1) is 15.0. The Hall–Kier alpha value is -1.43. The van der Waals surface area contributed by atoms with Gasteiger partial charge in [0.05, 0.1) is 12.3 Å². The average molecular weight is 344 g/mol. The molecule has 0 saturated heterocycles. The van der Waals surface area contributed by atoms with Crippen LogP contribution in [-0.4, -0.2) is 23.0 Å². The van der Waals surface area contributed by atoms with Gasteiger partial charge in [0.15, 0.2) is 0 Å². The molecule has 1 aliphatic carbocycles. The number of carboxylic acids is 1. The van der Waals surface area contributed by atoms with Crippen molar-refractivity contribution in [2.24, 2.45) is 5.92 Å². The monoisotopic (exact) mass is 343 g/mol. The van der Waals surface area contributed by atoms with Crippen LogP contribution in [-0.2, 0) is 16.0 Å². The molecule has 0 bridgehead atoms. The molecule has 0 aromatic heterocycles. The lowest BCUT2D eigenvalue weighted by atomic mass is 10.0. The minimum Gasteiger partial charge on any atom is -0.481 e. The van der Waals surface area contributed by atoms with Crippen LogP contribution in [0, 0.1) is 11.7 Å². The highest BCUT2D eigenvalue weighted by molar-refractivity contribution is 9.10. The van der Waals surface area contributed by atoms with Crippen molar-refractivity contribution in [3.63, 3.8) is 0 Å². The van der Waals surface area contributed by atoms with Crippen LogP contribution < -0.4 is 5.32 Å². The van der Waals surface area contributed by atoms with Crippen LogP contribution in [0.1, 0.15) is 24.8 Å². The van der Waals surface area contributed by atoms with Crippen LogP contribution in [0.3, 0.4) is 0 Å². The molecule has 1 saturated carbocycles. The SMILES string of the molecule is O=C(Cc1cc(F)ccc1Br)N[C@H]1CCC[C@H]1C(=O)O. The molecule has 1 aliphatic rings. The van der Waals surface area contributed by atoms with Crippen molar-refractivity contribution in [3.05, 3.63) is 34.1 Å². The van der Waals surface area contributed by atoms with E-state index >= 15 is 0 Å². The molecule has 6 heteroatoms. The number of rotatable bonds is 4. The number of hydrogen-bond acceptors (Lipinski definition) is 2. The standard InChI is InChI=1S/C14H15BrFNO3/c15-11-5-4-9(16)6-8(11)7-13(18)17-12-3-1-2-10(12)14(19)20/h4-6,10,12H,1-3,7H2,(H,17,18)(H,19,20)/t10-,12+/m1/s1. The molecule has 1 aromatic rings. The molecule has 108 valence electrons. The van der Waals surface area contributed by atoms with Gasteiger partial charge >= 0.3 is 5.97 Å². The van der Waals surface area contributed by atoms with E-state index in [1.807, 2.05) is 0 Å². The predicted octanol–water partition coefficient (Wildman–Crippen LogP) is 2.50. The fraction of sp³-hybridized carbons (Fsp3) is 0.429. The van der Waals surface area contributed by atoms with E-state index in [1.165, 1.54) is 12.1 Å². The Kier molecular flexibility index (Phi) is 4.75. The molecule has 4 nitrogen and oxygen atoms in total. The molecule has 0 aliphatic heterocycles. The van der Waals surface area contributed by atoms with Crippen molar-refractivity contribution in [2.45, 2.75) is 31.7 Å². The zero-order valence-electron chi connectivity index (χ0n) is 10.7. The maximum Gasteiger partial charge on any atom is 0.308 e. The average Bonchev–Trinajstić information content (AvgIpc) is 2.82. The lowest BCUT2D eigenvalue weighted by Gasteiger charge is -2.17. The molecule has 0 spiro atoms. The summed E-state index contributed by atoms with van der Waals surface area (Å²) in [5.74, 6) is -2.08. The van der Waals surface area contributed by atoms with Crippen LogP contribution in [0.5, 0.6) is 0 Å². The van der Waals surface area contributed by atoms with E-state index in [9.17, 15) is 14.0 Å². The first-order chi connectivity index (χ1) is 9.47. The Labute approximate surface area is 124 Å². The summed E-state index contributed by atoms with van der Waals surface area (Å²) in [5.41, 5.74) is 0.548. The van der Waals surface area contributed by atoms with E-state index in [1.54, 1.807) is 6.07 Å². The molecule has 20 heavy (non-hydrogen) atoms. The van der Waals surface area contributed by atoms with Crippen molar-refractivity contribution in [2.75, 3.05) is 0 Å². The molecule has 2 N–H and O–H groups in total. The van der Waals surface area contributed by atoms with Gasteiger partial charge in [-0.25, -0.2) is 4.39 Å². The highest BCUT2D eigenvalue weighted by Crippen LogP contribution is 2.26. The summed E-state index contributed by atoms with van der Waals surface area (Å²) in [6.07, 6.45) is 2.09. The second kappa shape index (κ2) is 6.35. The van der Waals surface area contributed by atoms with Crippen molar-refractivity contribution in [1.29, 1.82) is 0 Å². The van der Waals surface area contributed by atoms with E-state index in [-0.39, 0.29) is 18.4 Å². The molecule has 1 amide bonds. The third kappa shape index (κ3) is 3.56. The van der Waals surface area contributed by atoms with Gasteiger partial charge in [0, 0.05) is 10.5 Å². The zero-order chi connectivity index (χ0) is 14.7. The molecule has 0 radical (unpaired) electrons. The largest absolute Gasteiger partial charge is 0.481 e. The normalized spacial score (nSPS) is 21.7. The number of carbonyl (C=O) groups is 2. The number of carbonyl (C=O) groups excluding carboxylic acids is 1. The topological polar surface area (TPSA) is 66.4 Å². The van der Waals surface area contributed by atoms with E-state index in [0.29, 0.717) is 22.9 Å².